The van der Waals surface area contributed by atoms with Crippen LogP contribution in [0.5, 0.6) is 0 Å². The van der Waals surface area contributed by atoms with E-state index in [4.69, 9.17) is 0 Å². The van der Waals surface area contributed by atoms with E-state index in [2.05, 4.69) is 5.32 Å². The van der Waals surface area contributed by atoms with Gasteiger partial charge in [-0.25, -0.2) is 4.79 Å². The Labute approximate surface area is 90.4 Å². The van der Waals surface area contributed by atoms with Crippen LogP contribution in [0.2, 0.25) is 0 Å². The van der Waals surface area contributed by atoms with Crippen molar-refractivity contribution in [3.05, 3.63) is 0 Å². The molecule has 0 radical (unpaired) electrons. The van der Waals surface area contributed by atoms with Crippen LogP contribution in [0.1, 0.15) is 20.3 Å². The topological polar surface area (TPSA) is 52.7 Å². The van der Waals surface area contributed by atoms with Gasteiger partial charge in [-0.1, -0.05) is 0 Å². The van der Waals surface area contributed by atoms with Crippen LogP contribution in [0.15, 0.2) is 0 Å². The van der Waals surface area contributed by atoms with E-state index in [9.17, 15) is 9.59 Å². The molecule has 86 valence electrons. The second-order valence-electron chi connectivity index (χ2n) is 3.69. The molecule has 1 aliphatic heterocycles. The fourth-order valence-electron chi connectivity index (χ4n) is 1.78. The van der Waals surface area contributed by atoms with Crippen molar-refractivity contribution >= 4 is 11.9 Å². The first-order valence-electron chi connectivity index (χ1n) is 5.40. The van der Waals surface area contributed by atoms with Crippen LogP contribution in [-0.4, -0.2) is 54.5 Å². The van der Waals surface area contributed by atoms with Gasteiger partial charge in [-0.2, -0.15) is 0 Å². The molecule has 1 heterocycles. The molecule has 0 saturated carbocycles. The number of carbonyl (C=O) groups excluding carboxylic acids is 2. The monoisotopic (exact) mass is 213 g/mol. The van der Waals surface area contributed by atoms with Crippen molar-refractivity contribution in [3.63, 3.8) is 0 Å². The molecule has 15 heavy (non-hydrogen) atoms. The van der Waals surface area contributed by atoms with Gasteiger partial charge in [-0.15, -0.1) is 0 Å². The molecule has 1 rings (SSSR count). The standard InChI is InChI=1S/C10H19N3O2/c1-4-12-9(14)8(2)13(10(12)15)7-5-6-11-3/h8,11H,4-7H2,1-3H3. The first kappa shape index (κ1) is 12.0. The van der Waals surface area contributed by atoms with Gasteiger partial charge in [0.1, 0.15) is 6.04 Å². The number of amides is 3. The molecule has 1 saturated heterocycles. The van der Waals surface area contributed by atoms with Gasteiger partial charge < -0.3 is 10.2 Å². The maximum absolute atomic E-state index is 11.8. The van der Waals surface area contributed by atoms with E-state index in [1.165, 1.54) is 4.90 Å². The summed E-state index contributed by atoms with van der Waals surface area (Å²) in [5, 5.41) is 3.02. The zero-order chi connectivity index (χ0) is 11.4. The molecule has 0 bridgehead atoms. The number of rotatable bonds is 5. The maximum Gasteiger partial charge on any atom is 0.327 e. The van der Waals surface area contributed by atoms with Crippen molar-refractivity contribution in [3.8, 4) is 0 Å². The van der Waals surface area contributed by atoms with Crippen LogP contribution in [0.3, 0.4) is 0 Å². The first-order chi connectivity index (χ1) is 7.13. The average molecular weight is 213 g/mol. The highest BCUT2D eigenvalue weighted by Crippen LogP contribution is 2.16. The lowest BCUT2D eigenvalue weighted by Crippen LogP contribution is -2.35. The van der Waals surface area contributed by atoms with Gasteiger partial charge in [0.05, 0.1) is 0 Å². The van der Waals surface area contributed by atoms with Crippen LogP contribution in [0, 0.1) is 0 Å². The minimum absolute atomic E-state index is 0.0769. The SMILES string of the molecule is CCN1C(=O)C(C)N(CCCNC)C1=O. The lowest BCUT2D eigenvalue weighted by molar-refractivity contribution is -0.127. The number of nitrogens with zero attached hydrogens (tertiary/aromatic N) is 2. The van der Waals surface area contributed by atoms with Gasteiger partial charge in [0.25, 0.3) is 5.91 Å². The molecule has 0 aromatic rings. The quantitative estimate of drug-likeness (QED) is 0.527. The Morgan fingerprint density at radius 1 is 1.40 bits per heavy atom. The van der Waals surface area contributed by atoms with E-state index < -0.39 is 0 Å². The van der Waals surface area contributed by atoms with Crippen molar-refractivity contribution in [2.45, 2.75) is 26.3 Å². The van der Waals surface area contributed by atoms with Crippen LogP contribution in [0.4, 0.5) is 4.79 Å². The van der Waals surface area contributed by atoms with Crippen molar-refractivity contribution in [1.29, 1.82) is 0 Å². The number of hydrogen-bond acceptors (Lipinski definition) is 3. The number of likely N-dealkylation sites (N-methyl/N-ethyl adjacent to an activating group) is 1. The molecule has 0 spiro atoms. The van der Waals surface area contributed by atoms with E-state index in [1.54, 1.807) is 11.8 Å². The zero-order valence-corrected chi connectivity index (χ0v) is 9.62. The number of hydrogen-bond donors (Lipinski definition) is 1. The van der Waals surface area contributed by atoms with Crippen molar-refractivity contribution in [2.24, 2.45) is 0 Å². The van der Waals surface area contributed by atoms with Gasteiger partial charge in [-0.3, -0.25) is 9.69 Å². The molecule has 1 unspecified atom stereocenters. The molecule has 3 amide bonds. The van der Waals surface area contributed by atoms with Gasteiger partial charge in [0.2, 0.25) is 0 Å². The smallest absolute Gasteiger partial charge is 0.320 e. The van der Waals surface area contributed by atoms with Gasteiger partial charge >= 0.3 is 6.03 Å². The summed E-state index contributed by atoms with van der Waals surface area (Å²) in [6.45, 7) is 5.57. The minimum Gasteiger partial charge on any atom is -0.320 e. The summed E-state index contributed by atoms with van der Waals surface area (Å²) >= 11 is 0. The number of imide groups is 1. The molecule has 5 nitrogen and oxygen atoms in total. The number of carbonyl (C=O) groups is 2. The number of urea groups is 1. The van der Waals surface area contributed by atoms with Crippen LogP contribution in [0.25, 0.3) is 0 Å². The molecule has 0 aliphatic carbocycles. The summed E-state index contributed by atoms with van der Waals surface area (Å²) in [6.07, 6.45) is 0.872. The van der Waals surface area contributed by atoms with Crippen molar-refractivity contribution in [2.75, 3.05) is 26.7 Å². The molecule has 1 fully saturated rings. The Kier molecular flexibility index (Phi) is 4.08. The van der Waals surface area contributed by atoms with E-state index in [-0.39, 0.29) is 18.0 Å². The third-order valence-corrected chi connectivity index (χ3v) is 2.71. The zero-order valence-electron chi connectivity index (χ0n) is 9.62. The summed E-state index contributed by atoms with van der Waals surface area (Å²) < 4.78 is 0. The van der Waals surface area contributed by atoms with Gasteiger partial charge in [-0.05, 0) is 33.9 Å². The van der Waals surface area contributed by atoms with Gasteiger partial charge in [0, 0.05) is 13.1 Å². The first-order valence-corrected chi connectivity index (χ1v) is 5.40. The number of nitrogens with one attached hydrogen (secondary N) is 1. The molecule has 5 heteroatoms. The fourth-order valence-corrected chi connectivity index (χ4v) is 1.78. The Balaban J connectivity index is 2.58. The lowest BCUT2D eigenvalue weighted by Gasteiger charge is -2.18. The summed E-state index contributed by atoms with van der Waals surface area (Å²) in [7, 11) is 1.87. The van der Waals surface area contributed by atoms with Crippen LogP contribution in [-0.2, 0) is 4.79 Å². The summed E-state index contributed by atoms with van der Waals surface area (Å²) in [5.74, 6) is -0.0769. The van der Waals surface area contributed by atoms with Crippen molar-refractivity contribution in [1.82, 2.24) is 15.1 Å². The Hall–Kier alpha value is -1.10. The lowest BCUT2D eigenvalue weighted by atomic mass is 10.3. The Morgan fingerprint density at radius 3 is 2.53 bits per heavy atom. The van der Waals surface area contributed by atoms with Crippen LogP contribution < -0.4 is 5.32 Å². The molecule has 1 N–H and O–H groups in total. The highest BCUT2D eigenvalue weighted by Gasteiger charge is 2.40. The average Bonchev–Trinajstić information content (AvgIpc) is 2.42. The highest BCUT2D eigenvalue weighted by molar-refractivity contribution is 6.03. The maximum atomic E-state index is 11.8. The molecule has 1 aliphatic rings. The molecule has 0 aromatic heterocycles. The molecule has 1 atom stereocenters. The second-order valence-corrected chi connectivity index (χ2v) is 3.69. The molecular formula is C10H19N3O2. The largest absolute Gasteiger partial charge is 0.327 e. The third kappa shape index (κ3) is 2.28. The molecular weight excluding hydrogens is 194 g/mol. The summed E-state index contributed by atoms with van der Waals surface area (Å²) in [4.78, 5) is 26.4. The summed E-state index contributed by atoms with van der Waals surface area (Å²) in [5.41, 5.74) is 0. The van der Waals surface area contributed by atoms with E-state index in [0.717, 1.165) is 13.0 Å². The highest BCUT2D eigenvalue weighted by atomic mass is 16.2. The van der Waals surface area contributed by atoms with Gasteiger partial charge in [0.15, 0.2) is 0 Å². The van der Waals surface area contributed by atoms with E-state index in [1.807, 2.05) is 14.0 Å². The molecule has 0 aromatic carbocycles. The van der Waals surface area contributed by atoms with E-state index >= 15 is 0 Å². The van der Waals surface area contributed by atoms with Crippen molar-refractivity contribution < 1.29 is 9.59 Å². The predicted octanol–water partition coefficient (Wildman–Crippen LogP) is 0.269. The fraction of sp³-hybridized carbons (Fsp3) is 0.800. The predicted molar refractivity (Wildman–Crippen MR) is 57.5 cm³/mol. The third-order valence-electron chi connectivity index (χ3n) is 2.71. The Bertz CT molecular complexity index is 255. The van der Waals surface area contributed by atoms with E-state index in [0.29, 0.717) is 13.1 Å². The minimum atomic E-state index is -0.297. The summed E-state index contributed by atoms with van der Waals surface area (Å²) in [6, 6.07) is -0.444. The van der Waals surface area contributed by atoms with Crippen LogP contribution >= 0.6 is 0 Å². The normalized spacial score (nSPS) is 21.7. The Morgan fingerprint density at radius 2 is 2.07 bits per heavy atom. The second kappa shape index (κ2) is 5.11.